The van der Waals surface area contributed by atoms with Gasteiger partial charge in [0.15, 0.2) is 0 Å². The quantitative estimate of drug-likeness (QED) is 0.871. The molecule has 1 aliphatic rings. The van der Waals surface area contributed by atoms with E-state index in [1.807, 2.05) is 25.2 Å². The van der Waals surface area contributed by atoms with E-state index < -0.39 is 0 Å². The Morgan fingerprint density at radius 2 is 1.82 bits per heavy atom. The van der Waals surface area contributed by atoms with Gasteiger partial charge in [-0.2, -0.15) is 0 Å². The van der Waals surface area contributed by atoms with Crippen molar-refractivity contribution in [1.29, 1.82) is 0 Å². The van der Waals surface area contributed by atoms with Crippen molar-refractivity contribution >= 4 is 23.3 Å². The third-order valence-corrected chi connectivity index (χ3v) is 4.07. The Morgan fingerprint density at radius 3 is 2.45 bits per heavy atom. The van der Waals surface area contributed by atoms with E-state index in [-0.39, 0.29) is 11.9 Å². The van der Waals surface area contributed by atoms with E-state index in [1.54, 1.807) is 17.9 Å². The summed E-state index contributed by atoms with van der Waals surface area (Å²) in [7, 11) is 1.83. The lowest BCUT2D eigenvalue weighted by atomic mass is 10.1. The van der Waals surface area contributed by atoms with Crippen LogP contribution in [-0.4, -0.2) is 30.4 Å². The summed E-state index contributed by atoms with van der Waals surface area (Å²) in [6.45, 7) is 2.61. The number of carbonyl (C=O) groups excluding carboxylic acids is 2. The van der Waals surface area contributed by atoms with Crippen molar-refractivity contribution in [3.63, 3.8) is 0 Å². The normalized spacial score (nSPS) is 14.6. The predicted octanol–water partition coefficient (Wildman–Crippen LogP) is 3.69. The van der Waals surface area contributed by atoms with Gasteiger partial charge in [0, 0.05) is 31.4 Å². The van der Waals surface area contributed by atoms with Gasteiger partial charge in [-0.05, 0) is 37.0 Å². The van der Waals surface area contributed by atoms with Crippen LogP contribution in [0.15, 0.2) is 24.3 Å². The van der Waals surface area contributed by atoms with E-state index in [9.17, 15) is 9.59 Å². The van der Waals surface area contributed by atoms with Gasteiger partial charge in [-0.1, -0.05) is 25.8 Å². The van der Waals surface area contributed by atoms with Crippen LogP contribution in [0.3, 0.4) is 0 Å². The first kappa shape index (κ1) is 16.3. The Kier molecular flexibility index (Phi) is 5.81. The molecule has 1 aromatic rings. The number of benzene rings is 1. The van der Waals surface area contributed by atoms with Crippen LogP contribution in [0.4, 0.5) is 16.2 Å². The summed E-state index contributed by atoms with van der Waals surface area (Å²) in [5, 5.41) is 5.67. The van der Waals surface area contributed by atoms with Crippen molar-refractivity contribution in [2.45, 2.75) is 39.0 Å². The summed E-state index contributed by atoms with van der Waals surface area (Å²) >= 11 is 0. The lowest BCUT2D eigenvalue weighted by molar-refractivity contribution is -0.115. The first-order valence-electron chi connectivity index (χ1n) is 8.00. The first-order chi connectivity index (χ1) is 10.6. The van der Waals surface area contributed by atoms with Crippen LogP contribution in [-0.2, 0) is 4.79 Å². The van der Waals surface area contributed by atoms with Crippen LogP contribution in [0.1, 0.15) is 39.0 Å². The molecule has 5 heteroatoms. The number of nitrogens with one attached hydrogen (secondary N) is 2. The third kappa shape index (κ3) is 4.76. The van der Waals surface area contributed by atoms with Gasteiger partial charge in [-0.3, -0.25) is 4.79 Å². The maximum Gasteiger partial charge on any atom is 0.321 e. The zero-order valence-electron chi connectivity index (χ0n) is 13.4. The average Bonchev–Trinajstić information content (AvgIpc) is 3.00. The Balaban J connectivity index is 1.90. The van der Waals surface area contributed by atoms with Crippen molar-refractivity contribution < 1.29 is 9.59 Å². The molecule has 1 aromatic carbocycles. The molecule has 0 unspecified atom stereocenters. The van der Waals surface area contributed by atoms with Crippen molar-refractivity contribution in [3.8, 4) is 0 Å². The number of nitrogens with zero attached hydrogens (tertiary/aromatic N) is 1. The molecule has 0 atom stereocenters. The molecule has 0 spiro atoms. The summed E-state index contributed by atoms with van der Waals surface area (Å²) in [6, 6.07) is 7.12. The highest BCUT2D eigenvalue weighted by molar-refractivity contribution is 5.93. The van der Waals surface area contributed by atoms with Crippen molar-refractivity contribution in [2.24, 2.45) is 5.92 Å². The third-order valence-electron chi connectivity index (χ3n) is 4.07. The van der Waals surface area contributed by atoms with Crippen molar-refractivity contribution in [2.75, 3.05) is 24.2 Å². The van der Waals surface area contributed by atoms with Gasteiger partial charge in [0.2, 0.25) is 5.91 Å². The van der Waals surface area contributed by atoms with Gasteiger partial charge in [0.1, 0.15) is 0 Å². The number of carbonyl (C=O) groups is 2. The van der Waals surface area contributed by atoms with E-state index in [0.29, 0.717) is 23.7 Å². The van der Waals surface area contributed by atoms with Gasteiger partial charge in [0.05, 0.1) is 0 Å². The minimum Gasteiger partial charge on any atom is -0.327 e. The number of hydrogen-bond donors (Lipinski definition) is 2. The SMILES string of the molecule is CCC(=O)Nc1cccc(NC(=O)N(C)CC2CCCC2)c1. The monoisotopic (exact) mass is 303 g/mol. The maximum absolute atomic E-state index is 12.2. The summed E-state index contributed by atoms with van der Waals surface area (Å²) in [6.07, 6.45) is 5.42. The summed E-state index contributed by atoms with van der Waals surface area (Å²) in [5.74, 6) is 0.591. The van der Waals surface area contributed by atoms with Crippen molar-refractivity contribution in [3.05, 3.63) is 24.3 Å². The van der Waals surface area contributed by atoms with Gasteiger partial charge in [-0.15, -0.1) is 0 Å². The molecule has 0 heterocycles. The molecule has 0 bridgehead atoms. The Hall–Kier alpha value is -2.04. The minimum absolute atomic E-state index is 0.0400. The fraction of sp³-hybridized carbons (Fsp3) is 0.529. The summed E-state index contributed by atoms with van der Waals surface area (Å²) in [4.78, 5) is 25.4. The molecule has 0 radical (unpaired) electrons. The topological polar surface area (TPSA) is 61.4 Å². The van der Waals surface area contributed by atoms with Crippen LogP contribution < -0.4 is 10.6 Å². The van der Waals surface area contributed by atoms with Gasteiger partial charge < -0.3 is 15.5 Å². The number of anilines is 2. The molecule has 2 N–H and O–H groups in total. The molecule has 3 amide bonds. The minimum atomic E-state index is -0.106. The van der Waals surface area contributed by atoms with E-state index >= 15 is 0 Å². The van der Waals surface area contributed by atoms with Crippen LogP contribution in [0.5, 0.6) is 0 Å². The zero-order valence-corrected chi connectivity index (χ0v) is 13.4. The first-order valence-corrected chi connectivity index (χ1v) is 8.00. The lowest BCUT2D eigenvalue weighted by Crippen LogP contribution is -2.34. The highest BCUT2D eigenvalue weighted by atomic mass is 16.2. The van der Waals surface area contributed by atoms with Crippen LogP contribution in [0.25, 0.3) is 0 Å². The molecular weight excluding hydrogens is 278 g/mol. The molecule has 1 fully saturated rings. The number of rotatable bonds is 5. The lowest BCUT2D eigenvalue weighted by Gasteiger charge is -2.21. The second-order valence-corrected chi connectivity index (χ2v) is 5.94. The average molecular weight is 303 g/mol. The fourth-order valence-corrected chi connectivity index (χ4v) is 2.81. The second-order valence-electron chi connectivity index (χ2n) is 5.94. The Labute approximate surface area is 132 Å². The molecule has 5 nitrogen and oxygen atoms in total. The second kappa shape index (κ2) is 7.82. The van der Waals surface area contributed by atoms with Crippen molar-refractivity contribution in [1.82, 2.24) is 4.90 Å². The predicted molar refractivity (Wildman–Crippen MR) is 89.0 cm³/mol. The van der Waals surface area contributed by atoms with Crippen LogP contribution in [0, 0.1) is 5.92 Å². The molecule has 0 aliphatic heterocycles. The highest BCUT2D eigenvalue weighted by Gasteiger charge is 2.19. The van der Waals surface area contributed by atoms with E-state index in [4.69, 9.17) is 0 Å². The molecule has 0 saturated heterocycles. The largest absolute Gasteiger partial charge is 0.327 e. The number of amides is 3. The van der Waals surface area contributed by atoms with E-state index in [0.717, 1.165) is 6.54 Å². The number of hydrogen-bond acceptors (Lipinski definition) is 2. The smallest absolute Gasteiger partial charge is 0.321 e. The zero-order chi connectivity index (χ0) is 15.9. The highest BCUT2D eigenvalue weighted by Crippen LogP contribution is 2.25. The van der Waals surface area contributed by atoms with Crippen LogP contribution >= 0.6 is 0 Å². The van der Waals surface area contributed by atoms with Crippen LogP contribution in [0.2, 0.25) is 0 Å². The van der Waals surface area contributed by atoms with Gasteiger partial charge in [-0.25, -0.2) is 4.79 Å². The standard InChI is InChI=1S/C17H25N3O2/c1-3-16(21)18-14-9-6-10-15(11-14)19-17(22)20(2)12-13-7-4-5-8-13/h6,9-11,13H,3-5,7-8,12H2,1-2H3,(H,18,21)(H,19,22). The molecular formula is C17H25N3O2. The molecule has 22 heavy (non-hydrogen) atoms. The van der Waals surface area contributed by atoms with E-state index in [2.05, 4.69) is 10.6 Å². The summed E-state index contributed by atoms with van der Waals surface area (Å²) in [5.41, 5.74) is 1.39. The van der Waals surface area contributed by atoms with Gasteiger partial charge in [0.25, 0.3) is 0 Å². The molecule has 1 aliphatic carbocycles. The molecule has 0 aromatic heterocycles. The number of urea groups is 1. The summed E-state index contributed by atoms with van der Waals surface area (Å²) < 4.78 is 0. The Bertz CT molecular complexity index is 524. The molecule has 2 rings (SSSR count). The molecule has 120 valence electrons. The van der Waals surface area contributed by atoms with E-state index in [1.165, 1.54) is 25.7 Å². The Morgan fingerprint density at radius 1 is 1.18 bits per heavy atom. The van der Waals surface area contributed by atoms with Gasteiger partial charge >= 0.3 is 6.03 Å². The fourth-order valence-electron chi connectivity index (χ4n) is 2.81. The maximum atomic E-state index is 12.2. The molecule has 1 saturated carbocycles.